The zero-order valence-electron chi connectivity index (χ0n) is 10.6. The number of rotatable bonds is 0. The van der Waals surface area contributed by atoms with Crippen molar-refractivity contribution in [3.63, 3.8) is 0 Å². The Morgan fingerprint density at radius 2 is 1.95 bits per heavy atom. The first-order valence-electron chi connectivity index (χ1n) is 6.38. The van der Waals surface area contributed by atoms with Crippen LogP contribution >= 0.6 is 0 Å². The van der Waals surface area contributed by atoms with Gasteiger partial charge in [0.2, 0.25) is 5.43 Å². The maximum Gasteiger partial charge on any atom is 0.200 e. The van der Waals surface area contributed by atoms with E-state index in [0.29, 0.717) is 17.4 Å². The van der Waals surface area contributed by atoms with Crippen molar-refractivity contribution in [2.24, 2.45) is 0 Å². The van der Waals surface area contributed by atoms with Crippen LogP contribution < -0.4 is 5.43 Å². The molecule has 0 spiro atoms. The molecule has 0 bridgehead atoms. The summed E-state index contributed by atoms with van der Waals surface area (Å²) in [5.74, 6) is 0.794. The van der Waals surface area contributed by atoms with Gasteiger partial charge in [0.15, 0.2) is 0 Å². The van der Waals surface area contributed by atoms with Crippen LogP contribution in [0.3, 0.4) is 0 Å². The van der Waals surface area contributed by atoms with Crippen molar-refractivity contribution in [1.29, 1.82) is 0 Å². The number of fused-ring (bicyclic) bond motifs is 4. The van der Waals surface area contributed by atoms with Gasteiger partial charge in [-0.15, -0.1) is 0 Å². The Balaban J connectivity index is 2.16. The molecule has 0 unspecified atom stereocenters. The molecule has 92 valence electrons. The molecule has 1 aromatic heterocycles. The van der Waals surface area contributed by atoms with Crippen LogP contribution in [-0.2, 0) is 6.42 Å². The first-order valence-corrected chi connectivity index (χ1v) is 6.38. The maximum atomic E-state index is 12.7. The van der Waals surface area contributed by atoms with Crippen LogP contribution in [0.15, 0.2) is 51.7 Å². The molecule has 0 amide bonds. The van der Waals surface area contributed by atoms with Crippen LogP contribution in [0, 0.1) is 6.92 Å². The molecule has 1 aliphatic rings. The molecule has 1 aliphatic carbocycles. The highest BCUT2D eigenvalue weighted by molar-refractivity contribution is 5.86. The molecule has 0 N–H and O–H groups in total. The Bertz CT molecular complexity index is 872. The van der Waals surface area contributed by atoms with Crippen LogP contribution in [0.5, 0.6) is 0 Å². The third-order valence-electron chi connectivity index (χ3n) is 3.76. The second-order valence-electron chi connectivity index (χ2n) is 5.06. The summed E-state index contributed by atoms with van der Waals surface area (Å²) in [6.07, 6.45) is 0.713. The van der Waals surface area contributed by atoms with Gasteiger partial charge in [0.1, 0.15) is 11.3 Å². The lowest BCUT2D eigenvalue weighted by atomic mass is 10.0. The fourth-order valence-electron chi connectivity index (χ4n) is 2.84. The highest BCUT2D eigenvalue weighted by Gasteiger charge is 2.24. The van der Waals surface area contributed by atoms with Gasteiger partial charge in [0.05, 0.1) is 10.9 Å². The summed E-state index contributed by atoms with van der Waals surface area (Å²) in [5.41, 5.74) is 4.78. The highest BCUT2D eigenvalue weighted by atomic mass is 16.3. The normalized spacial score (nSPS) is 12.5. The zero-order valence-corrected chi connectivity index (χ0v) is 10.6. The second-order valence-corrected chi connectivity index (χ2v) is 5.06. The van der Waals surface area contributed by atoms with Crippen molar-refractivity contribution >= 4 is 11.0 Å². The summed E-state index contributed by atoms with van der Waals surface area (Å²) in [4.78, 5) is 12.7. The summed E-state index contributed by atoms with van der Waals surface area (Å²) in [6.45, 7) is 1.99. The van der Waals surface area contributed by atoms with Crippen molar-refractivity contribution in [1.82, 2.24) is 0 Å². The van der Waals surface area contributed by atoms with E-state index >= 15 is 0 Å². The molecular weight excluding hydrogens is 236 g/mol. The van der Waals surface area contributed by atoms with Crippen molar-refractivity contribution < 1.29 is 4.42 Å². The second kappa shape index (κ2) is 3.58. The van der Waals surface area contributed by atoms with Gasteiger partial charge < -0.3 is 4.42 Å². The minimum atomic E-state index is 0.0879. The Hall–Kier alpha value is -2.35. The Morgan fingerprint density at radius 1 is 1.11 bits per heavy atom. The number of hydrogen-bond donors (Lipinski definition) is 0. The summed E-state index contributed by atoms with van der Waals surface area (Å²) >= 11 is 0. The van der Waals surface area contributed by atoms with Crippen molar-refractivity contribution in [3.05, 3.63) is 69.6 Å². The number of benzene rings is 2. The largest absolute Gasteiger partial charge is 0.460 e. The van der Waals surface area contributed by atoms with Crippen LogP contribution in [0.1, 0.15) is 16.9 Å². The minimum absolute atomic E-state index is 0.0879. The third kappa shape index (κ3) is 1.40. The molecule has 19 heavy (non-hydrogen) atoms. The Morgan fingerprint density at radius 3 is 2.84 bits per heavy atom. The summed E-state index contributed by atoms with van der Waals surface area (Å²) < 4.78 is 5.92. The van der Waals surface area contributed by atoms with E-state index in [0.717, 1.165) is 22.5 Å². The molecule has 0 saturated heterocycles. The van der Waals surface area contributed by atoms with Gasteiger partial charge in [-0.3, -0.25) is 4.79 Å². The van der Waals surface area contributed by atoms with Gasteiger partial charge in [0, 0.05) is 6.42 Å². The van der Waals surface area contributed by atoms with Gasteiger partial charge in [-0.05, 0) is 30.2 Å². The first-order chi connectivity index (χ1) is 9.24. The quantitative estimate of drug-likeness (QED) is 0.475. The third-order valence-corrected chi connectivity index (χ3v) is 3.76. The average molecular weight is 248 g/mol. The Labute approximate surface area is 110 Å². The van der Waals surface area contributed by atoms with E-state index in [9.17, 15) is 4.79 Å². The molecular formula is C17H12O2. The SMILES string of the molecule is Cc1ccc2oc3c(c(=O)c2c1)-c1ccccc1C3. The van der Waals surface area contributed by atoms with Crippen LogP contribution in [0.2, 0.25) is 0 Å². The zero-order chi connectivity index (χ0) is 13.0. The Kier molecular flexibility index (Phi) is 1.99. The maximum absolute atomic E-state index is 12.7. The van der Waals surface area contributed by atoms with Gasteiger partial charge in [-0.2, -0.15) is 0 Å². The molecule has 0 fully saturated rings. The van der Waals surface area contributed by atoms with Gasteiger partial charge in [-0.1, -0.05) is 35.9 Å². The fourth-order valence-corrected chi connectivity index (χ4v) is 2.84. The van der Waals surface area contributed by atoms with Gasteiger partial charge in [0.25, 0.3) is 0 Å². The smallest absolute Gasteiger partial charge is 0.200 e. The topological polar surface area (TPSA) is 30.2 Å². The molecule has 0 aliphatic heterocycles. The van der Waals surface area contributed by atoms with E-state index in [1.807, 2.05) is 43.3 Å². The monoisotopic (exact) mass is 248 g/mol. The molecule has 2 nitrogen and oxygen atoms in total. The summed E-state index contributed by atoms with van der Waals surface area (Å²) in [5, 5.41) is 0.676. The predicted octanol–water partition coefficient (Wildman–Crippen LogP) is 3.67. The molecule has 0 saturated carbocycles. The van der Waals surface area contributed by atoms with E-state index in [2.05, 4.69) is 6.07 Å². The number of hydrogen-bond acceptors (Lipinski definition) is 2. The molecule has 2 heteroatoms. The number of aryl methyl sites for hydroxylation is 1. The standard InChI is InChI=1S/C17H12O2/c1-10-6-7-14-13(8-10)17(18)16-12-5-3-2-4-11(12)9-15(16)19-14/h2-8H,9H2,1H3. The lowest BCUT2D eigenvalue weighted by Crippen LogP contribution is -2.05. The van der Waals surface area contributed by atoms with Crippen LogP contribution in [-0.4, -0.2) is 0 Å². The lowest BCUT2D eigenvalue weighted by molar-refractivity contribution is 0.557. The highest BCUT2D eigenvalue weighted by Crippen LogP contribution is 2.35. The molecule has 4 rings (SSSR count). The first kappa shape index (κ1) is 10.6. The molecule has 0 atom stereocenters. The van der Waals surface area contributed by atoms with Gasteiger partial charge >= 0.3 is 0 Å². The van der Waals surface area contributed by atoms with E-state index in [4.69, 9.17) is 4.42 Å². The summed E-state index contributed by atoms with van der Waals surface area (Å²) in [6, 6.07) is 13.8. The van der Waals surface area contributed by atoms with Crippen molar-refractivity contribution in [2.45, 2.75) is 13.3 Å². The molecule has 3 aromatic rings. The molecule has 1 heterocycles. The van der Waals surface area contributed by atoms with Crippen LogP contribution in [0.4, 0.5) is 0 Å². The summed E-state index contributed by atoms with van der Waals surface area (Å²) in [7, 11) is 0. The fraction of sp³-hybridized carbons (Fsp3) is 0.118. The molecule has 0 radical (unpaired) electrons. The van der Waals surface area contributed by atoms with E-state index in [1.165, 1.54) is 5.56 Å². The van der Waals surface area contributed by atoms with E-state index < -0.39 is 0 Å². The lowest BCUT2D eigenvalue weighted by Gasteiger charge is -2.03. The van der Waals surface area contributed by atoms with Gasteiger partial charge in [-0.25, -0.2) is 0 Å². The average Bonchev–Trinajstić information content (AvgIpc) is 2.78. The predicted molar refractivity (Wildman–Crippen MR) is 75.5 cm³/mol. The van der Waals surface area contributed by atoms with E-state index in [1.54, 1.807) is 0 Å². The van der Waals surface area contributed by atoms with Crippen molar-refractivity contribution in [2.75, 3.05) is 0 Å². The molecule has 2 aromatic carbocycles. The van der Waals surface area contributed by atoms with Crippen molar-refractivity contribution in [3.8, 4) is 11.1 Å². The van der Waals surface area contributed by atoms with Crippen LogP contribution in [0.25, 0.3) is 22.1 Å². The minimum Gasteiger partial charge on any atom is -0.460 e. The van der Waals surface area contributed by atoms with E-state index in [-0.39, 0.29) is 5.43 Å².